The van der Waals surface area contributed by atoms with Crippen molar-refractivity contribution in [2.75, 3.05) is 6.61 Å². The lowest BCUT2D eigenvalue weighted by atomic mass is 9.83. The van der Waals surface area contributed by atoms with Crippen molar-refractivity contribution in [3.05, 3.63) is 0 Å². The number of hydrogen-bond acceptors (Lipinski definition) is 4. The molecule has 2 aliphatic carbocycles. The maximum atomic E-state index is 11.5. The number of primary amides is 1. The highest BCUT2D eigenvalue weighted by Gasteiger charge is 2.23. The SMILES string of the molecule is CC(C)C(=O)C1CCCCC1.CCC(C)OC1CCC(OCCC(N)=O)CC1.[HH]. The van der Waals surface area contributed by atoms with E-state index in [1.54, 1.807) is 0 Å². The lowest BCUT2D eigenvalue weighted by Gasteiger charge is -2.30. The van der Waals surface area contributed by atoms with Crippen molar-refractivity contribution in [3.63, 3.8) is 0 Å². The molecule has 2 aliphatic rings. The molecular formula is C23H45NO4. The van der Waals surface area contributed by atoms with Crippen LogP contribution >= 0.6 is 0 Å². The van der Waals surface area contributed by atoms with E-state index in [9.17, 15) is 9.59 Å². The third-order valence-electron chi connectivity index (χ3n) is 5.90. The van der Waals surface area contributed by atoms with E-state index in [1.807, 2.05) is 13.8 Å². The van der Waals surface area contributed by atoms with Crippen LogP contribution in [0, 0.1) is 11.8 Å². The van der Waals surface area contributed by atoms with E-state index in [0.717, 1.165) is 44.9 Å². The van der Waals surface area contributed by atoms with Gasteiger partial charge in [-0.25, -0.2) is 0 Å². The van der Waals surface area contributed by atoms with E-state index >= 15 is 0 Å². The number of carbonyl (C=O) groups excluding carboxylic acids is 2. The summed E-state index contributed by atoms with van der Waals surface area (Å²) in [5.41, 5.74) is 5.06. The first kappa shape index (κ1) is 25.1. The minimum absolute atomic E-state index is 0. The average Bonchev–Trinajstić information content (AvgIpc) is 2.69. The normalized spacial score (nSPS) is 24.3. The minimum atomic E-state index is -0.293. The number of carbonyl (C=O) groups is 2. The predicted octanol–water partition coefficient (Wildman–Crippen LogP) is 5.04. The molecule has 1 amide bonds. The second kappa shape index (κ2) is 14.1. The Kier molecular flexibility index (Phi) is 12.6. The summed E-state index contributed by atoms with van der Waals surface area (Å²) in [7, 11) is 0. The minimum Gasteiger partial charge on any atom is -0.378 e. The van der Waals surface area contributed by atoms with Crippen LogP contribution in [0.4, 0.5) is 0 Å². The summed E-state index contributed by atoms with van der Waals surface area (Å²) >= 11 is 0. The Morgan fingerprint density at radius 3 is 2.04 bits per heavy atom. The fraction of sp³-hybridized carbons (Fsp3) is 0.913. The van der Waals surface area contributed by atoms with Crippen molar-refractivity contribution in [1.29, 1.82) is 0 Å². The molecule has 2 fully saturated rings. The van der Waals surface area contributed by atoms with E-state index in [2.05, 4.69) is 13.8 Å². The summed E-state index contributed by atoms with van der Waals surface area (Å²) in [5.74, 6) is 0.852. The van der Waals surface area contributed by atoms with E-state index in [1.165, 1.54) is 19.3 Å². The summed E-state index contributed by atoms with van der Waals surface area (Å²) in [6.45, 7) is 8.74. The van der Waals surface area contributed by atoms with Crippen LogP contribution < -0.4 is 5.73 Å². The third-order valence-corrected chi connectivity index (χ3v) is 5.90. The predicted molar refractivity (Wildman–Crippen MR) is 115 cm³/mol. The molecule has 0 aromatic rings. The second-order valence-electron chi connectivity index (χ2n) is 8.73. The summed E-state index contributed by atoms with van der Waals surface area (Å²) < 4.78 is 11.5. The number of nitrogens with two attached hydrogens (primary N) is 1. The standard InChI is InChI=1S/C13H25NO3.C10H18O.H2/c1-3-10(2)17-12-6-4-11(5-7-12)16-9-8-13(14)15;1-8(2)10(11)9-6-4-3-5-7-9;/h10-12H,3-9H2,1-2H3,(H2,14,15);8-9H,3-7H2,1-2H3;1H. The zero-order chi connectivity index (χ0) is 20.9. The van der Waals surface area contributed by atoms with Crippen molar-refractivity contribution in [1.82, 2.24) is 0 Å². The average molecular weight is 400 g/mol. The van der Waals surface area contributed by atoms with Gasteiger partial charge in [-0.2, -0.15) is 0 Å². The first-order chi connectivity index (χ1) is 13.3. The Hall–Kier alpha value is -0.940. The second-order valence-corrected chi connectivity index (χ2v) is 8.73. The molecule has 1 atom stereocenters. The highest BCUT2D eigenvalue weighted by atomic mass is 16.5. The van der Waals surface area contributed by atoms with E-state index in [0.29, 0.717) is 36.9 Å². The molecule has 2 N–H and O–H groups in total. The monoisotopic (exact) mass is 399 g/mol. The van der Waals surface area contributed by atoms with Crippen LogP contribution in [0.5, 0.6) is 0 Å². The number of rotatable bonds is 9. The molecule has 5 nitrogen and oxygen atoms in total. The lowest BCUT2D eigenvalue weighted by Crippen LogP contribution is -2.29. The van der Waals surface area contributed by atoms with Crippen molar-refractivity contribution in [2.24, 2.45) is 17.6 Å². The third kappa shape index (κ3) is 10.6. The van der Waals surface area contributed by atoms with Gasteiger partial charge in [0.2, 0.25) is 5.91 Å². The molecule has 5 heteroatoms. The van der Waals surface area contributed by atoms with E-state index in [-0.39, 0.29) is 19.4 Å². The Labute approximate surface area is 173 Å². The molecule has 0 radical (unpaired) electrons. The van der Waals surface area contributed by atoms with Gasteiger partial charge in [0.25, 0.3) is 0 Å². The van der Waals surface area contributed by atoms with Gasteiger partial charge in [-0.15, -0.1) is 0 Å². The van der Waals surface area contributed by atoms with E-state index < -0.39 is 0 Å². The Balaban J connectivity index is 0.000000568. The summed E-state index contributed by atoms with van der Waals surface area (Å²) in [6.07, 6.45) is 12.8. The lowest BCUT2D eigenvalue weighted by molar-refractivity contribution is -0.126. The number of Topliss-reactive ketones (excluding diaryl/α,β-unsaturated/α-hetero) is 1. The van der Waals surface area contributed by atoms with Crippen LogP contribution in [0.25, 0.3) is 0 Å². The molecule has 0 aliphatic heterocycles. The van der Waals surface area contributed by atoms with Crippen LogP contribution in [0.3, 0.4) is 0 Å². The van der Waals surface area contributed by atoms with Crippen LogP contribution in [-0.4, -0.2) is 36.6 Å². The molecule has 1 unspecified atom stereocenters. The molecule has 0 spiro atoms. The van der Waals surface area contributed by atoms with Crippen LogP contribution in [0.1, 0.15) is 99.8 Å². The van der Waals surface area contributed by atoms with Gasteiger partial charge in [0.1, 0.15) is 5.78 Å². The zero-order valence-corrected chi connectivity index (χ0v) is 18.6. The largest absolute Gasteiger partial charge is 0.378 e. The van der Waals surface area contributed by atoms with Gasteiger partial charge in [-0.1, -0.05) is 40.0 Å². The zero-order valence-electron chi connectivity index (χ0n) is 18.6. The Bertz CT molecular complexity index is 444. The number of hydrogen-bond donors (Lipinski definition) is 1. The Morgan fingerprint density at radius 2 is 1.54 bits per heavy atom. The molecule has 0 aromatic carbocycles. The van der Waals surface area contributed by atoms with Crippen molar-refractivity contribution >= 4 is 11.7 Å². The molecule has 0 heterocycles. The highest BCUT2D eigenvalue weighted by molar-refractivity contribution is 5.82. The van der Waals surface area contributed by atoms with Gasteiger partial charge < -0.3 is 15.2 Å². The molecule has 0 bridgehead atoms. The fourth-order valence-electron chi connectivity index (χ4n) is 3.94. The Morgan fingerprint density at radius 1 is 0.964 bits per heavy atom. The van der Waals surface area contributed by atoms with Gasteiger partial charge in [0.05, 0.1) is 24.9 Å². The number of ketones is 1. The number of ether oxygens (including phenoxy) is 2. The van der Waals surface area contributed by atoms with Crippen LogP contribution in [0.2, 0.25) is 0 Å². The maximum absolute atomic E-state index is 11.5. The summed E-state index contributed by atoms with van der Waals surface area (Å²) in [4.78, 5) is 22.1. The van der Waals surface area contributed by atoms with Gasteiger partial charge >= 0.3 is 0 Å². The van der Waals surface area contributed by atoms with Gasteiger partial charge in [0, 0.05) is 19.7 Å². The van der Waals surface area contributed by atoms with E-state index in [4.69, 9.17) is 15.2 Å². The summed E-state index contributed by atoms with van der Waals surface area (Å²) in [6, 6.07) is 0. The highest BCUT2D eigenvalue weighted by Crippen LogP contribution is 2.26. The molecule has 2 saturated carbocycles. The fourth-order valence-corrected chi connectivity index (χ4v) is 3.94. The molecule has 2 rings (SSSR count). The number of amides is 1. The maximum Gasteiger partial charge on any atom is 0.219 e. The molecule has 0 aromatic heterocycles. The first-order valence-corrected chi connectivity index (χ1v) is 11.4. The topological polar surface area (TPSA) is 78.6 Å². The molecule has 0 saturated heterocycles. The first-order valence-electron chi connectivity index (χ1n) is 11.4. The van der Waals surface area contributed by atoms with Crippen molar-refractivity contribution in [3.8, 4) is 0 Å². The smallest absolute Gasteiger partial charge is 0.219 e. The molecule has 166 valence electrons. The molecular weight excluding hydrogens is 354 g/mol. The van der Waals surface area contributed by atoms with Gasteiger partial charge in [-0.3, -0.25) is 9.59 Å². The van der Waals surface area contributed by atoms with Crippen molar-refractivity contribution < 1.29 is 20.5 Å². The van der Waals surface area contributed by atoms with Crippen LogP contribution in [0.15, 0.2) is 0 Å². The summed E-state index contributed by atoms with van der Waals surface area (Å²) in [5, 5.41) is 0. The molecule has 28 heavy (non-hydrogen) atoms. The van der Waals surface area contributed by atoms with Gasteiger partial charge in [0.15, 0.2) is 0 Å². The quantitative estimate of drug-likeness (QED) is 0.589. The van der Waals surface area contributed by atoms with Gasteiger partial charge in [-0.05, 0) is 51.9 Å². The van der Waals surface area contributed by atoms with Crippen LogP contribution in [-0.2, 0) is 19.1 Å². The van der Waals surface area contributed by atoms with Crippen molar-refractivity contribution in [2.45, 2.75) is 117 Å².